The molecule has 3 N–H and O–H groups in total. The van der Waals surface area contributed by atoms with Crippen molar-refractivity contribution < 1.29 is 9.64 Å². The summed E-state index contributed by atoms with van der Waals surface area (Å²) in [4.78, 5) is 1.64. The van der Waals surface area contributed by atoms with E-state index in [4.69, 9.17) is 17.0 Å². The number of morpholine rings is 1. The Balaban J connectivity index is 1.51. The van der Waals surface area contributed by atoms with Crippen LogP contribution in [0.4, 0.5) is 0 Å². The maximum atomic E-state index is 5.35. The summed E-state index contributed by atoms with van der Waals surface area (Å²) in [5, 5.41) is 8.28. The fraction of sp³-hybridized carbons (Fsp3) is 0.857. The second-order valence-electron chi connectivity index (χ2n) is 5.57. The number of hydrazone groups is 1. The van der Waals surface area contributed by atoms with Crippen LogP contribution in [0.5, 0.6) is 0 Å². The zero-order valence-corrected chi connectivity index (χ0v) is 13.1. The lowest BCUT2D eigenvalue weighted by atomic mass is 9.99. The Morgan fingerprint density at radius 1 is 1.20 bits per heavy atom. The van der Waals surface area contributed by atoms with Crippen LogP contribution in [0.3, 0.4) is 0 Å². The molecular formula is C14H27N4OS+. The lowest BCUT2D eigenvalue weighted by Crippen LogP contribution is -3.14. The topological polar surface area (TPSA) is 50.1 Å². The summed E-state index contributed by atoms with van der Waals surface area (Å²) in [6.45, 7) is 6.18. The van der Waals surface area contributed by atoms with E-state index in [2.05, 4.69) is 15.8 Å². The van der Waals surface area contributed by atoms with Crippen LogP contribution >= 0.6 is 12.2 Å². The van der Waals surface area contributed by atoms with Crippen LogP contribution in [0.25, 0.3) is 0 Å². The average molecular weight is 299 g/mol. The Bertz CT molecular complexity index is 321. The second kappa shape index (κ2) is 9.26. The SMILES string of the molecule is S=C(NCCC[NH+]1CCOCC1)NN=C1CCCCC1. The van der Waals surface area contributed by atoms with Gasteiger partial charge in [0.25, 0.3) is 0 Å². The van der Waals surface area contributed by atoms with Gasteiger partial charge in [-0.3, -0.25) is 5.43 Å². The molecule has 0 aromatic carbocycles. The number of thiocarbonyl (C=S) groups is 1. The van der Waals surface area contributed by atoms with Gasteiger partial charge in [-0.25, -0.2) is 0 Å². The Labute approximate surface area is 127 Å². The number of nitrogens with one attached hydrogen (secondary N) is 3. The number of hydrogen-bond donors (Lipinski definition) is 3. The molecule has 2 aliphatic rings. The molecule has 0 radical (unpaired) electrons. The molecule has 0 aromatic rings. The minimum Gasteiger partial charge on any atom is -0.370 e. The molecule has 0 atom stereocenters. The summed E-state index contributed by atoms with van der Waals surface area (Å²) in [7, 11) is 0. The molecule has 2 rings (SSSR count). The molecule has 0 amide bonds. The van der Waals surface area contributed by atoms with Crippen molar-refractivity contribution in [1.29, 1.82) is 0 Å². The maximum absolute atomic E-state index is 5.35. The van der Waals surface area contributed by atoms with Gasteiger partial charge in [-0.05, 0) is 37.9 Å². The van der Waals surface area contributed by atoms with E-state index in [-0.39, 0.29) is 0 Å². The molecule has 20 heavy (non-hydrogen) atoms. The lowest BCUT2D eigenvalue weighted by Gasteiger charge is -2.23. The fourth-order valence-electron chi connectivity index (χ4n) is 2.69. The molecule has 0 bridgehead atoms. The zero-order valence-electron chi connectivity index (χ0n) is 12.2. The van der Waals surface area contributed by atoms with Gasteiger partial charge < -0.3 is 15.0 Å². The fourth-order valence-corrected chi connectivity index (χ4v) is 2.84. The van der Waals surface area contributed by atoms with E-state index in [1.54, 1.807) is 4.90 Å². The van der Waals surface area contributed by atoms with Crippen molar-refractivity contribution in [3.63, 3.8) is 0 Å². The molecule has 2 fully saturated rings. The first-order chi connectivity index (χ1) is 9.84. The van der Waals surface area contributed by atoms with Crippen molar-refractivity contribution in [1.82, 2.24) is 10.7 Å². The van der Waals surface area contributed by atoms with E-state index in [0.717, 1.165) is 52.1 Å². The van der Waals surface area contributed by atoms with Gasteiger partial charge in [0, 0.05) is 18.7 Å². The minimum atomic E-state index is 0.653. The van der Waals surface area contributed by atoms with Crippen molar-refractivity contribution in [2.75, 3.05) is 39.4 Å². The van der Waals surface area contributed by atoms with Gasteiger partial charge in [-0.2, -0.15) is 5.10 Å². The predicted molar refractivity (Wildman–Crippen MR) is 85.3 cm³/mol. The van der Waals surface area contributed by atoms with Crippen LogP contribution < -0.4 is 15.6 Å². The quantitative estimate of drug-likeness (QED) is 0.382. The van der Waals surface area contributed by atoms with Crippen molar-refractivity contribution in [2.45, 2.75) is 38.5 Å². The Morgan fingerprint density at radius 3 is 2.70 bits per heavy atom. The normalized spacial score (nSPS) is 20.5. The van der Waals surface area contributed by atoms with Gasteiger partial charge in [0.15, 0.2) is 5.11 Å². The van der Waals surface area contributed by atoms with E-state index in [9.17, 15) is 0 Å². The summed E-state index contributed by atoms with van der Waals surface area (Å²) in [5.74, 6) is 0. The number of quaternary nitrogens is 1. The van der Waals surface area contributed by atoms with Gasteiger partial charge in [0.05, 0.1) is 19.8 Å². The highest BCUT2D eigenvalue weighted by molar-refractivity contribution is 7.80. The maximum Gasteiger partial charge on any atom is 0.186 e. The van der Waals surface area contributed by atoms with Gasteiger partial charge in [-0.15, -0.1) is 0 Å². The molecule has 1 heterocycles. The monoisotopic (exact) mass is 299 g/mol. The van der Waals surface area contributed by atoms with Crippen molar-refractivity contribution in [3.05, 3.63) is 0 Å². The Hall–Kier alpha value is -0.720. The molecule has 5 nitrogen and oxygen atoms in total. The highest BCUT2D eigenvalue weighted by Gasteiger charge is 2.12. The number of nitrogens with zero attached hydrogens (tertiary/aromatic N) is 1. The van der Waals surface area contributed by atoms with Crippen molar-refractivity contribution in [2.24, 2.45) is 5.10 Å². The Morgan fingerprint density at radius 2 is 1.95 bits per heavy atom. The minimum absolute atomic E-state index is 0.653. The lowest BCUT2D eigenvalue weighted by molar-refractivity contribution is -0.908. The average Bonchev–Trinajstić information content (AvgIpc) is 2.52. The van der Waals surface area contributed by atoms with Crippen LogP contribution in [0.1, 0.15) is 38.5 Å². The van der Waals surface area contributed by atoms with E-state index in [0.29, 0.717) is 5.11 Å². The number of ether oxygens (including phenoxy) is 1. The first kappa shape index (κ1) is 15.7. The molecule has 1 saturated heterocycles. The van der Waals surface area contributed by atoms with E-state index < -0.39 is 0 Å². The molecule has 114 valence electrons. The standard InChI is InChI=1S/C14H26N4OS/c20-14(17-16-13-5-2-1-3-6-13)15-7-4-8-18-9-11-19-12-10-18/h1-12H2,(H2,15,17,20)/p+1. The molecule has 1 aliphatic heterocycles. The van der Waals surface area contributed by atoms with Crippen LogP contribution in [-0.2, 0) is 4.74 Å². The third-order valence-corrected chi connectivity index (χ3v) is 4.17. The molecule has 6 heteroatoms. The molecule has 0 aromatic heterocycles. The van der Waals surface area contributed by atoms with E-state index in [1.807, 2.05) is 0 Å². The van der Waals surface area contributed by atoms with Crippen LogP contribution in [0.2, 0.25) is 0 Å². The number of hydrogen-bond acceptors (Lipinski definition) is 3. The van der Waals surface area contributed by atoms with Crippen LogP contribution in [-0.4, -0.2) is 50.2 Å². The van der Waals surface area contributed by atoms with Crippen LogP contribution in [0, 0.1) is 0 Å². The number of rotatable bonds is 5. The molecule has 0 unspecified atom stereocenters. The highest BCUT2D eigenvalue weighted by atomic mass is 32.1. The molecule has 0 spiro atoms. The van der Waals surface area contributed by atoms with Crippen molar-refractivity contribution >= 4 is 23.0 Å². The summed E-state index contributed by atoms with van der Waals surface area (Å²) in [6.07, 6.45) is 7.25. The molecule has 1 saturated carbocycles. The van der Waals surface area contributed by atoms with Crippen LogP contribution in [0.15, 0.2) is 5.10 Å². The first-order valence-electron chi connectivity index (χ1n) is 7.85. The third kappa shape index (κ3) is 6.15. The van der Waals surface area contributed by atoms with Gasteiger partial charge >= 0.3 is 0 Å². The molecule has 1 aliphatic carbocycles. The summed E-state index contributed by atoms with van der Waals surface area (Å²) >= 11 is 5.24. The van der Waals surface area contributed by atoms with Gasteiger partial charge in [0.1, 0.15) is 13.1 Å². The predicted octanol–water partition coefficient (Wildman–Crippen LogP) is 0.0758. The van der Waals surface area contributed by atoms with Crippen molar-refractivity contribution in [3.8, 4) is 0 Å². The summed E-state index contributed by atoms with van der Waals surface area (Å²) in [5.41, 5.74) is 4.23. The third-order valence-electron chi connectivity index (χ3n) is 3.94. The zero-order chi connectivity index (χ0) is 14.0. The summed E-state index contributed by atoms with van der Waals surface area (Å²) < 4.78 is 5.35. The smallest absolute Gasteiger partial charge is 0.186 e. The second-order valence-corrected chi connectivity index (χ2v) is 5.98. The molecular weight excluding hydrogens is 272 g/mol. The van der Waals surface area contributed by atoms with E-state index in [1.165, 1.54) is 31.5 Å². The first-order valence-corrected chi connectivity index (χ1v) is 8.26. The highest BCUT2D eigenvalue weighted by Crippen LogP contribution is 2.13. The van der Waals surface area contributed by atoms with Gasteiger partial charge in [0.2, 0.25) is 0 Å². The van der Waals surface area contributed by atoms with E-state index >= 15 is 0 Å². The van der Waals surface area contributed by atoms with Gasteiger partial charge in [-0.1, -0.05) is 6.42 Å². The summed E-state index contributed by atoms with van der Waals surface area (Å²) in [6, 6.07) is 0. The largest absolute Gasteiger partial charge is 0.370 e. The Kier molecular flexibility index (Phi) is 7.25.